The molecule has 0 aliphatic carbocycles. The second-order valence-electron chi connectivity index (χ2n) is 18.8. The molecule has 0 saturated heterocycles. The van der Waals surface area contributed by atoms with Gasteiger partial charge in [-0.05, 0) is 114 Å². The van der Waals surface area contributed by atoms with Gasteiger partial charge in [-0.2, -0.15) is 0 Å². The molecule has 0 aliphatic heterocycles. The molecule has 6 atom stereocenters. The highest BCUT2D eigenvalue weighted by Crippen LogP contribution is 2.48. The van der Waals surface area contributed by atoms with E-state index in [2.05, 4.69) is 99.6 Å². The summed E-state index contributed by atoms with van der Waals surface area (Å²) in [5, 5.41) is 3.10. The van der Waals surface area contributed by atoms with Crippen LogP contribution in [0.15, 0.2) is 12.1 Å². The predicted molar refractivity (Wildman–Crippen MR) is 224 cm³/mol. The minimum Gasteiger partial charge on any atom is -0.490 e. The average molecular weight is 764 g/mol. The zero-order valence-electron chi connectivity index (χ0n) is 39.7. The van der Waals surface area contributed by atoms with Crippen molar-refractivity contribution in [3.05, 3.63) is 23.3 Å². The van der Waals surface area contributed by atoms with Gasteiger partial charge in [-0.1, -0.05) is 81.2 Å². The van der Waals surface area contributed by atoms with Crippen molar-refractivity contribution in [1.29, 1.82) is 0 Å². The second-order valence-corrected chi connectivity index (χ2v) is 18.8. The third-order valence-corrected chi connectivity index (χ3v) is 12.2. The Morgan fingerprint density at radius 3 is 1.98 bits per heavy atom. The number of rotatable bonds is 26. The SMILES string of the molecule is [2H]C([2H])(C)Oc1c(C)cc(C[C@@](C)(C[C@@](C)([C@H](C[C@H](C(=O)NCC(C)(C)C(N)=O)C(CC)C(C)C)OC)N(C)C)C(CC)C(C)C)cc1OCC(C)(C)COC. The smallest absolute Gasteiger partial charge is 0.224 e. The Hall–Kier alpha value is -2.36. The molecule has 0 spiro atoms. The Morgan fingerprint density at radius 1 is 0.926 bits per heavy atom. The van der Waals surface area contributed by atoms with Crippen LogP contribution in [0.4, 0.5) is 0 Å². The van der Waals surface area contributed by atoms with Gasteiger partial charge in [-0.15, -0.1) is 0 Å². The molecule has 0 saturated carbocycles. The lowest BCUT2D eigenvalue weighted by molar-refractivity contribution is -0.133. The maximum Gasteiger partial charge on any atom is 0.224 e. The van der Waals surface area contributed by atoms with Crippen LogP contribution in [0.1, 0.15) is 130 Å². The molecule has 3 N–H and O–H groups in total. The van der Waals surface area contributed by atoms with Gasteiger partial charge in [0.15, 0.2) is 11.5 Å². The third-order valence-electron chi connectivity index (χ3n) is 12.2. The standard InChI is InChI=1S/C45H83N3O6/c1-19-34(30(4)5)35(40(49)47-27-43(11,12)41(46)50)24-38(52-18)45(14,48(15)16)26-44(13,36(20-2)31(6)7)25-33-22-32(8)39(53-21-3)37(23-33)54-29-42(9,10)28-51-17/h22-23,30-31,34-36,38H,19-21,24-29H2,1-18H3,(H2,46,50)(H,47,49)/t34?,35-,36?,38-,44-,45-/m0/s1/i21D2. The van der Waals surface area contributed by atoms with Crippen molar-refractivity contribution in [2.75, 3.05) is 54.6 Å². The van der Waals surface area contributed by atoms with Crippen LogP contribution in [-0.4, -0.2) is 83.0 Å². The first-order valence-corrected chi connectivity index (χ1v) is 20.3. The van der Waals surface area contributed by atoms with Crippen LogP contribution in [0, 0.1) is 52.8 Å². The van der Waals surface area contributed by atoms with E-state index in [1.54, 1.807) is 28.1 Å². The van der Waals surface area contributed by atoms with Crippen molar-refractivity contribution in [3.63, 3.8) is 0 Å². The van der Waals surface area contributed by atoms with Gasteiger partial charge >= 0.3 is 0 Å². The van der Waals surface area contributed by atoms with Crippen LogP contribution in [0.25, 0.3) is 0 Å². The predicted octanol–water partition coefficient (Wildman–Crippen LogP) is 8.72. The number of carbonyl (C=O) groups excluding carboxylic acids is 2. The fourth-order valence-corrected chi connectivity index (χ4v) is 8.96. The zero-order valence-corrected chi connectivity index (χ0v) is 37.7. The molecule has 0 fully saturated rings. The number of amides is 2. The molecule has 0 aromatic heterocycles. The first-order chi connectivity index (χ1) is 25.5. The van der Waals surface area contributed by atoms with Gasteiger partial charge in [0.05, 0.1) is 34.0 Å². The number of ether oxygens (including phenoxy) is 4. The Morgan fingerprint density at radius 2 is 1.54 bits per heavy atom. The minimum absolute atomic E-state index is 0.0742. The van der Waals surface area contributed by atoms with Gasteiger partial charge in [-0.25, -0.2) is 0 Å². The van der Waals surface area contributed by atoms with Crippen molar-refractivity contribution < 1.29 is 31.3 Å². The molecule has 0 heterocycles. The van der Waals surface area contributed by atoms with Gasteiger partial charge in [0.2, 0.25) is 11.8 Å². The molecule has 1 rings (SSSR count). The lowest BCUT2D eigenvalue weighted by Gasteiger charge is -2.51. The summed E-state index contributed by atoms with van der Waals surface area (Å²) in [6.45, 7) is 28.2. The summed E-state index contributed by atoms with van der Waals surface area (Å²) in [7, 11) is 7.65. The molecule has 54 heavy (non-hydrogen) atoms. The number of carbonyl (C=O) groups is 2. The molecule has 2 amide bonds. The molecular weight excluding hydrogens is 679 g/mol. The quantitative estimate of drug-likeness (QED) is 0.0971. The summed E-state index contributed by atoms with van der Waals surface area (Å²) in [5.74, 6) is 1.14. The Bertz CT molecular complexity index is 1390. The number of aryl methyl sites for hydroxylation is 1. The van der Waals surface area contributed by atoms with Crippen molar-refractivity contribution in [1.82, 2.24) is 10.2 Å². The van der Waals surface area contributed by atoms with Crippen molar-refractivity contribution in [3.8, 4) is 11.5 Å². The lowest BCUT2D eigenvalue weighted by atomic mass is 9.60. The number of primary amides is 1. The molecule has 9 nitrogen and oxygen atoms in total. The minimum atomic E-state index is -1.90. The van der Waals surface area contributed by atoms with E-state index in [9.17, 15) is 9.59 Å². The number of benzene rings is 1. The summed E-state index contributed by atoms with van der Waals surface area (Å²) in [5.41, 5.74) is 5.68. The van der Waals surface area contributed by atoms with Crippen molar-refractivity contribution in [2.45, 2.75) is 141 Å². The number of methoxy groups -OCH3 is 2. The van der Waals surface area contributed by atoms with Crippen LogP contribution in [0.5, 0.6) is 11.5 Å². The van der Waals surface area contributed by atoms with Gasteiger partial charge < -0.3 is 34.9 Å². The van der Waals surface area contributed by atoms with E-state index in [4.69, 9.17) is 27.4 Å². The maximum absolute atomic E-state index is 14.2. The van der Waals surface area contributed by atoms with E-state index in [0.717, 1.165) is 36.8 Å². The highest BCUT2D eigenvalue weighted by molar-refractivity contribution is 5.83. The first-order valence-electron chi connectivity index (χ1n) is 21.3. The summed E-state index contributed by atoms with van der Waals surface area (Å²) in [4.78, 5) is 28.6. The molecule has 0 bridgehead atoms. The van der Waals surface area contributed by atoms with Crippen LogP contribution < -0.4 is 20.5 Å². The van der Waals surface area contributed by atoms with E-state index < -0.39 is 23.4 Å². The largest absolute Gasteiger partial charge is 0.490 e. The third kappa shape index (κ3) is 13.4. The topological polar surface area (TPSA) is 112 Å². The lowest BCUT2D eigenvalue weighted by Crippen LogP contribution is -2.57. The van der Waals surface area contributed by atoms with Gasteiger partial charge in [0.1, 0.15) is 0 Å². The van der Waals surface area contributed by atoms with Crippen LogP contribution in [-0.2, 0) is 25.5 Å². The van der Waals surface area contributed by atoms with Crippen LogP contribution in [0.3, 0.4) is 0 Å². The summed E-state index contributed by atoms with van der Waals surface area (Å²) >= 11 is 0. The zero-order chi connectivity index (χ0) is 43.6. The van der Waals surface area contributed by atoms with Gasteiger partial charge in [0, 0.05) is 37.6 Å². The summed E-state index contributed by atoms with van der Waals surface area (Å²) in [6.07, 6.45) is 3.52. The average Bonchev–Trinajstić information content (AvgIpc) is 3.04. The summed E-state index contributed by atoms with van der Waals surface area (Å²) < 4.78 is 40.7. The molecular formula is C45H83N3O6. The molecule has 314 valence electrons. The molecule has 0 radical (unpaired) electrons. The van der Waals surface area contributed by atoms with E-state index in [1.165, 1.54) is 6.92 Å². The number of hydrogen-bond acceptors (Lipinski definition) is 7. The normalized spacial score (nSPS) is 17.9. The fourth-order valence-electron chi connectivity index (χ4n) is 8.96. The van der Waals surface area contributed by atoms with Gasteiger partial charge in [0.25, 0.3) is 0 Å². The summed E-state index contributed by atoms with van der Waals surface area (Å²) in [6, 6.07) is 4.15. The van der Waals surface area contributed by atoms with Crippen LogP contribution in [0.2, 0.25) is 0 Å². The van der Waals surface area contributed by atoms with Gasteiger partial charge in [-0.3, -0.25) is 9.59 Å². The number of nitrogens with two attached hydrogens (primary N) is 1. The number of nitrogens with one attached hydrogen (secondary N) is 1. The maximum atomic E-state index is 14.2. The molecule has 0 aliphatic rings. The molecule has 1 aromatic rings. The highest BCUT2D eigenvalue weighted by atomic mass is 16.5. The second kappa shape index (κ2) is 21.2. The fraction of sp³-hybridized carbons (Fsp3) is 0.822. The Balaban J connectivity index is 3.90. The first kappa shape index (κ1) is 46.0. The number of nitrogens with zero attached hydrogens (tertiary/aromatic N) is 1. The Labute approximate surface area is 334 Å². The Kier molecular flexibility index (Phi) is 18.1. The monoisotopic (exact) mass is 764 g/mol. The molecule has 9 heteroatoms. The van der Waals surface area contributed by atoms with E-state index in [1.807, 2.05) is 13.0 Å². The van der Waals surface area contributed by atoms with Crippen LogP contribution >= 0.6 is 0 Å². The number of hydrogen-bond donors (Lipinski definition) is 2. The van der Waals surface area contributed by atoms with E-state index in [-0.39, 0.29) is 47.1 Å². The highest BCUT2D eigenvalue weighted by Gasteiger charge is 2.48. The molecule has 2 unspecified atom stereocenters. The van der Waals surface area contributed by atoms with E-state index in [0.29, 0.717) is 43.0 Å². The number of likely N-dealkylation sites (N-methyl/N-ethyl adjacent to an activating group) is 1. The van der Waals surface area contributed by atoms with Crippen molar-refractivity contribution >= 4 is 11.8 Å². The molecule has 1 aromatic carbocycles. The van der Waals surface area contributed by atoms with E-state index >= 15 is 0 Å². The van der Waals surface area contributed by atoms with Crippen molar-refractivity contribution in [2.24, 2.45) is 51.6 Å².